The number of amides is 2. The number of nitrogens with one attached hydrogen (secondary N) is 2. The molecule has 2 aromatic carbocycles. The molecule has 0 bridgehead atoms. The third-order valence-electron chi connectivity index (χ3n) is 8.16. The molecule has 13 heteroatoms. The molecule has 10 nitrogen and oxygen atoms in total. The maximum absolute atomic E-state index is 15.5. The first kappa shape index (κ1) is 35.8. The van der Waals surface area contributed by atoms with Gasteiger partial charge in [-0.25, -0.2) is 18.6 Å². The maximum Gasteiger partial charge on any atom is 0.319 e. The lowest BCUT2D eigenvalue weighted by atomic mass is 9.82. The lowest BCUT2D eigenvalue weighted by Crippen LogP contribution is -2.53. The third kappa shape index (κ3) is 8.56. The first-order valence-electron chi connectivity index (χ1n) is 16.3. The van der Waals surface area contributed by atoms with Crippen molar-refractivity contribution in [1.82, 2.24) is 14.9 Å². The summed E-state index contributed by atoms with van der Waals surface area (Å²) in [5.74, 6) is -2.09. The molecule has 1 saturated heterocycles. The van der Waals surface area contributed by atoms with E-state index in [4.69, 9.17) is 18.9 Å². The number of ether oxygens (including phenoxy) is 4. The summed E-state index contributed by atoms with van der Waals surface area (Å²) in [5, 5.41) is 15.5. The molecular formula is C36H43F2N5O5Si-. The number of aromatic nitrogens is 2. The van der Waals surface area contributed by atoms with Gasteiger partial charge in [-0.2, -0.15) is 24.9 Å². The molecule has 0 spiro atoms. The van der Waals surface area contributed by atoms with E-state index in [0.717, 1.165) is 18.2 Å². The lowest BCUT2D eigenvalue weighted by Gasteiger charge is -2.44. The Morgan fingerprint density at radius 2 is 1.90 bits per heavy atom. The number of benzene rings is 2. The van der Waals surface area contributed by atoms with Crippen LogP contribution in [-0.2, 0) is 16.2 Å². The summed E-state index contributed by atoms with van der Waals surface area (Å²) in [7, 11) is -1.33. The van der Waals surface area contributed by atoms with Crippen LogP contribution in [0.25, 0.3) is 22.2 Å². The van der Waals surface area contributed by atoms with Gasteiger partial charge in [0.05, 0.1) is 29.8 Å². The fourth-order valence-electron chi connectivity index (χ4n) is 5.34. The lowest BCUT2D eigenvalue weighted by molar-refractivity contribution is -0.163. The van der Waals surface area contributed by atoms with E-state index >= 15 is 8.78 Å². The Morgan fingerprint density at radius 3 is 2.51 bits per heavy atom. The van der Waals surface area contributed by atoms with Crippen LogP contribution in [0.2, 0.25) is 25.7 Å². The van der Waals surface area contributed by atoms with E-state index in [1.165, 1.54) is 12.3 Å². The number of fused-ring (bicyclic) bond motifs is 1. The number of carbonyl (C=O) groups excluding carboxylic acids is 1. The van der Waals surface area contributed by atoms with E-state index in [2.05, 4.69) is 41.3 Å². The Morgan fingerprint density at radius 1 is 1.16 bits per heavy atom. The standard InChI is InChI=1S/C36H43F2N5O5Si/c1-22(2)47-29-9-8-23(14-24(29)17-39)26-19-43(21-45-12-13-49(5,6)7)34-32(26)30(10-11-40-34)48-33-27(37)15-25(16-28(33)38)42-35(44)41-18-31-36(3,4)20-46-31/h8-11,14-16,19,22,31H,12-13,18,20-21H2,1-7H3,(H2,41,42,44)/q-1. The van der Waals surface area contributed by atoms with Crippen molar-refractivity contribution in [3.63, 3.8) is 0 Å². The van der Waals surface area contributed by atoms with Crippen LogP contribution < -0.4 is 20.1 Å². The molecular weight excluding hydrogens is 649 g/mol. The van der Waals surface area contributed by atoms with E-state index < -0.39 is 31.5 Å². The van der Waals surface area contributed by atoms with Crippen molar-refractivity contribution in [1.29, 1.82) is 5.26 Å². The van der Waals surface area contributed by atoms with Crippen molar-refractivity contribution in [3.8, 4) is 34.4 Å². The largest absolute Gasteiger partial charge is 0.490 e. The third-order valence-corrected chi connectivity index (χ3v) is 9.87. The van der Waals surface area contributed by atoms with E-state index in [0.29, 0.717) is 46.7 Å². The number of hydrogen-bond acceptors (Lipinski definition) is 7. The molecule has 5 rings (SSSR count). The predicted octanol–water partition coefficient (Wildman–Crippen LogP) is 8.29. The van der Waals surface area contributed by atoms with Crippen molar-refractivity contribution >= 4 is 30.8 Å². The minimum absolute atomic E-state index is 0.0615. The molecule has 2 aromatic heterocycles. The second-order valence-electron chi connectivity index (χ2n) is 14.4. The molecule has 4 aromatic rings. The normalized spacial score (nSPS) is 15.5. The van der Waals surface area contributed by atoms with Crippen LogP contribution in [0.3, 0.4) is 0 Å². The van der Waals surface area contributed by atoms with Gasteiger partial charge in [-0.3, -0.25) is 0 Å². The summed E-state index contributed by atoms with van der Waals surface area (Å²) in [6.45, 7) is 16.2. The molecule has 1 aliphatic heterocycles. The minimum Gasteiger partial charge on any atom is -0.490 e. The van der Waals surface area contributed by atoms with Gasteiger partial charge in [0.2, 0.25) is 0 Å². The van der Waals surface area contributed by atoms with Gasteiger partial charge in [-0.1, -0.05) is 19.9 Å². The van der Waals surface area contributed by atoms with Crippen molar-refractivity contribution in [2.24, 2.45) is 5.41 Å². The van der Waals surface area contributed by atoms with E-state index in [9.17, 15) is 10.1 Å². The molecule has 0 saturated carbocycles. The van der Waals surface area contributed by atoms with Crippen LogP contribution in [0.5, 0.6) is 17.2 Å². The molecule has 0 radical (unpaired) electrons. The number of nitrogens with zero attached hydrogens (tertiary/aromatic N) is 3. The molecule has 3 heterocycles. The molecule has 261 valence electrons. The highest BCUT2D eigenvalue weighted by Gasteiger charge is 2.40. The van der Waals surface area contributed by atoms with E-state index in [1.807, 2.05) is 40.0 Å². The van der Waals surface area contributed by atoms with Gasteiger partial charge in [0.1, 0.15) is 29.9 Å². The number of rotatable bonds is 13. The van der Waals surface area contributed by atoms with Crippen LogP contribution in [0.1, 0.15) is 33.3 Å². The second-order valence-corrected chi connectivity index (χ2v) is 20.0. The predicted molar refractivity (Wildman–Crippen MR) is 187 cm³/mol. The van der Waals surface area contributed by atoms with Gasteiger partial charge in [-0.05, 0) is 37.6 Å². The Hall–Kier alpha value is -4.51. The number of carbonyl (C=O) groups is 1. The molecule has 1 atom stereocenters. The fraction of sp³-hybridized carbons (Fsp3) is 0.417. The average Bonchev–Trinajstić information content (AvgIpc) is 3.39. The monoisotopic (exact) mass is 691 g/mol. The van der Waals surface area contributed by atoms with Crippen molar-refractivity contribution in [2.45, 2.75) is 72.3 Å². The summed E-state index contributed by atoms with van der Waals surface area (Å²) in [6.07, 6.45) is 3.04. The summed E-state index contributed by atoms with van der Waals surface area (Å²) >= 11 is 0. The smallest absolute Gasteiger partial charge is 0.319 e. The first-order chi connectivity index (χ1) is 23.1. The molecule has 0 aliphatic carbocycles. The highest BCUT2D eigenvalue weighted by Crippen LogP contribution is 2.41. The van der Waals surface area contributed by atoms with Crippen LogP contribution in [-0.4, -0.2) is 55.6 Å². The number of anilines is 1. The number of pyridine rings is 1. The topological polar surface area (TPSA) is 120 Å². The Balaban J connectivity index is 1.46. The van der Waals surface area contributed by atoms with Crippen LogP contribution in [0, 0.1) is 28.4 Å². The summed E-state index contributed by atoms with van der Waals surface area (Å²) in [5.41, 5.74) is 1.93. The number of halogens is 2. The summed E-state index contributed by atoms with van der Waals surface area (Å²) in [4.78, 5) is 17.0. The van der Waals surface area contributed by atoms with Gasteiger partial charge in [0.25, 0.3) is 0 Å². The van der Waals surface area contributed by atoms with E-state index in [-0.39, 0.29) is 42.3 Å². The second kappa shape index (κ2) is 14.5. The number of urea groups is 1. The Kier molecular flexibility index (Phi) is 10.6. The highest BCUT2D eigenvalue weighted by atomic mass is 28.3. The molecule has 1 aliphatic rings. The molecule has 1 unspecified atom stereocenters. The van der Waals surface area contributed by atoms with Gasteiger partial charge < -0.3 is 34.1 Å². The first-order valence-corrected chi connectivity index (χ1v) is 20.0. The van der Waals surface area contributed by atoms with Crippen LogP contribution in [0.4, 0.5) is 19.3 Å². The SMILES string of the molecule is CC(C)Oc1ccc(-c2cn(COCC[Si-](C)(C)C)c3nccc(Oc4c(F)cc(NC(=O)NCC5OCC5(C)C)cc4F)c23)cc1C#N. The fourth-order valence-corrected chi connectivity index (χ4v) is 6.10. The minimum atomic E-state index is -1.33. The highest BCUT2D eigenvalue weighted by molar-refractivity contribution is 6.76. The van der Waals surface area contributed by atoms with Crippen LogP contribution >= 0.6 is 0 Å². The number of hydrogen-bond donors (Lipinski definition) is 2. The van der Waals surface area contributed by atoms with Gasteiger partial charge in [-0.15, -0.1) is 14.1 Å². The zero-order chi connectivity index (χ0) is 35.5. The Labute approximate surface area is 286 Å². The summed E-state index contributed by atoms with van der Waals surface area (Å²) < 4.78 is 56.0. The number of nitriles is 1. The van der Waals surface area contributed by atoms with Gasteiger partial charge in [0.15, 0.2) is 17.4 Å². The molecule has 1 fully saturated rings. The molecule has 49 heavy (non-hydrogen) atoms. The quantitative estimate of drug-likeness (QED) is 0.107. The zero-order valence-corrected chi connectivity index (χ0v) is 29.9. The van der Waals surface area contributed by atoms with Crippen molar-refractivity contribution in [2.75, 3.05) is 25.1 Å². The van der Waals surface area contributed by atoms with E-state index in [1.54, 1.807) is 16.7 Å². The molecule has 2 amide bonds. The summed E-state index contributed by atoms with van der Waals surface area (Å²) in [6, 6.07) is 11.3. The van der Waals surface area contributed by atoms with Crippen LogP contribution in [0.15, 0.2) is 48.8 Å². The maximum atomic E-state index is 15.5. The average molecular weight is 692 g/mol. The van der Waals surface area contributed by atoms with Crippen molar-refractivity contribution in [3.05, 3.63) is 66.0 Å². The van der Waals surface area contributed by atoms with Gasteiger partial charge >= 0.3 is 6.03 Å². The molecule has 2 N–H and O–H groups in total. The van der Waals surface area contributed by atoms with Gasteiger partial charge in [0, 0.05) is 54.3 Å². The zero-order valence-electron chi connectivity index (χ0n) is 28.9. The Bertz CT molecular complexity index is 1860. The van der Waals surface area contributed by atoms with Crippen molar-refractivity contribution < 1.29 is 32.5 Å².